The molecule has 0 atom stereocenters. The summed E-state index contributed by atoms with van der Waals surface area (Å²) >= 11 is 1.65. The minimum Gasteiger partial charge on any atom is -0.362 e. The fourth-order valence-electron chi connectivity index (χ4n) is 4.93. The van der Waals surface area contributed by atoms with Crippen LogP contribution in [0.4, 0.5) is 11.8 Å². The first-order valence-corrected chi connectivity index (χ1v) is 13.8. The minimum atomic E-state index is 0.0500. The number of carbonyl (C=O) groups is 1. The topological polar surface area (TPSA) is 83.0 Å². The van der Waals surface area contributed by atoms with Gasteiger partial charge < -0.3 is 15.5 Å². The van der Waals surface area contributed by atoms with Gasteiger partial charge in [-0.25, -0.2) is 9.97 Å². The van der Waals surface area contributed by atoms with Crippen molar-refractivity contribution in [2.45, 2.75) is 45.1 Å². The SMILES string of the molecule is Cc1sc(-c2ccccc2)nc1CC(=O)NCC1CCC(Nc2nc(N(C)C)c3ccccc3n2)CC1. The lowest BCUT2D eigenvalue weighted by atomic mass is 9.86. The van der Waals surface area contributed by atoms with Gasteiger partial charge in [0.15, 0.2) is 0 Å². The van der Waals surface area contributed by atoms with Crippen molar-refractivity contribution in [3.8, 4) is 10.6 Å². The third-order valence-corrected chi connectivity index (χ3v) is 8.08. The molecule has 7 nitrogen and oxygen atoms in total. The predicted molar refractivity (Wildman–Crippen MR) is 152 cm³/mol. The number of aryl methyl sites for hydroxylation is 1. The molecular weight excluding hydrogens is 480 g/mol. The lowest BCUT2D eigenvalue weighted by Gasteiger charge is -2.29. The van der Waals surface area contributed by atoms with Crippen LogP contribution in [0.5, 0.6) is 0 Å². The number of nitrogens with zero attached hydrogens (tertiary/aromatic N) is 4. The van der Waals surface area contributed by atoms with Crippen LogP contribution in [0, 0.1) is 12.8 Å². The van der Waals surface area contributed by atoms with Crippen LogP contribution < -0.4 is 15.5 Å². The third-order valence-electron chi connectivity index (χ3n) is 7.02. The van der Waals surface area contributed by atoms with Crippen LogP contribution in [0.15, 0.2) is 54.6 Å². The number of hydrogen-bond acceptors (Lipinski definition) is 7. The lowest BCUT2D eigenvalue weighted by Crippen LogP contribution is -2.35. The second kappa shape index (κ2) is 11.3. The molecule has 0 saturated heterocycles. The number of amides is 1. The first-order chi connectivity index (χ1) is 18.0. The molecule has 0 unspecified atom stereocenters. The molecule has 1 fully saturated rings. The van der Waals surface area contributed by atoms with Gasteiger partial charge in [-0.2, -0.15) is 4.98 Å². The van der Waals surface area contributed by atoms with E-state index in [-0.39, 0.29) is 5.91 Å². The van der Waals surface area contributed by atoms with E-state index in [9.17, 15) is 4.79 Å². The Kier molecular flexibility index (Phi) is 7.65. The van der Waals surface area contributed by atoms with Crippen molar-refractivity contribution in [1.29, 1.82) is 0 Å². The summed E-state index contributed by atoms with van der Waals surface area (Å²) in [6, 6.07) is 18.6. The van der Waals surface area contributed by atoms with Crippen LogP contribution in [0.3, 0.4) is 0 Å². The molecule has 4 aromatic rings. The van der Waals surface area contributed by atoms with Crippen molar-refractivity contribution in [2.75, 3.05) is 30.9 Å². The van der Waals surface area contributed by atoms with E-state index in [2.05, 4.69) is 28.8 Å². The highest BCUT2D eigenvalue weighted by Crippen LogP contribution is 2.29. The van der Waals surface area contributed by atoms with Crippen molar-refractivity contribution in [2.24, 2.45) is 5.92 Å². The van der Waals surface area contributed by atoms with Crippen LogP contribution in [0.25, 0.3) is 21.5 Å². The highest BCUT2D eigenvalue weighted by molar-refractivity contribution is 7.15. The summed E-state index contributed by atoms with van der Waals surface area (Å²) in [5, 5.41) is 8.75. The maximum absolute atomic E-state index is 12.7. The van der Waals surface area contributed by atoms with Crippen LogP contribution in [0.1, 0.15) is 36.3 Å². The highest BCUT2D eigenvalue weighted by atomic mass is 32.1. The van der Waals surface area contributed by atoms with Gasteiger partial charge in [0, 0.05) is 42.5 Å². The predicted octanol–water partition coefficient (Wildman–Crippen LogP) is 5.46. The number of carbonyl (C=O) groups excluding carboxylic acids is 1. The molecule has 1 aliphatic rings. The zero-order chi connectivity index (χ0) is 25.8. The molecule has 37 heavy (non-hydrogen) atoms. The third kappa shape index (κ3) is 6.07. The van der Waals surface area contributed by atoms with E-state index in [1.54, 1.807) is 11.3 Å². The molecule has 1 aliphatic carbocycles. The summed E-state index contributed by atoms with van der Waals surface area (Å²) in [6.45, 7) is 2.76. The maximum atomic E-state index is 12.7. The number of rotatable bonds is 8. The van der Waals surface area contributed by atoms with Gasteiger partial charge >= 0.3 is 0 Å². The van der Waals surface area contributed by atoms with E-state index in [4.69, 9.17) is 15.0 Å². The molecule has 0 bridgehead atoms. The van der Waals surface area contributed by atoms with Gasteiger partial charge in [0.25, 0.3) is 0 Å². The van der Waals surface area contributed by atoms with Gasteiger partial charge in [-0.3, -0.25) is 4.79 Å². The quantitative estimate of drug-likeness (QED) is 0.325. The molecule has 8 heteroatoms. The monoisotopic (exact) mass is 514 g/mol. The number of hydrogen-bond donors (Lipinski definition) is 2. The van der Waals surface area contributed by atoms with Gasteiger partial charge in [-0.15, -0.1) is 11.3 Å². The molecule has 0 spiro atoms. The van der Waals surface area contributed by atoms with Gasteiger partial charge in [0.1, 0.15) is 10.8 Å². The van der Waals surface area contributed by atoms with E-state index >= 15 is 0 Å². The normalized spacial score (nSPS) is 17.5. The first-order valence-electron chi connectivity index (χ1n) is 13.0. The molecule has 1 saturated carbocycles. The molecule has 1 amide bonds. The Morgan fingerprint density at radius 3 is 2.46 bits per heavy atom. The Hall–Kier alpha value is -3.52. The zero-order valence-corrected chi connectivity index (χ0v) is 22.5. The van der Waals surface area contributed by atoms with Crippen molar-refractivity contribution in [1.82, 2.24) is 20.3 Å². The van der Waals surface area contributed by atoms with E-state index in [1.807, 2.05) is 62.3 Å². The summed E-state index contributed by atoms with van der Waals surface area (Å²) in [4.78, 5) is 30.1. The maximum Gasteiger partial charge on any atom is 0.226 e. The molecule has 2 aromatic carbocycles. The molecule has 5 rings (SSSR count). The fourth-order valence-corrected chi connectivity index (χ4v) is 5.86. The Labute approximate surface area is 222 Å². The highest BCUT2D eigenvalue weighted by Gasteiger charge is 2.23. The second-order valence-corrected chi connectivity index (χ2v) is 11.2. The Morgan fingerprint density at radius 1 is 0.973 bits per heavy atom. The summed E-state index contributed by atoms with van der Waals surface area (Å²) in [5.41, 5.74) is 2.92. The molecule has 2 N–H and O–H groups in total. The number of nitrogens with one attached hydrogen (secondary N) is 2. The van der Waals surface area contributed by atoms with Crippen molar-refractivity contribution >= 4 is 39.9 Å². The molecular formula is C29H34N6OS. The van der Waals surface area contributed by atoms with Crippen LogP contribution >= 0.6 is 11.3 Å². The first kappa shape index (κ1) is 25.1. The van der Waals surface area contributed by atoms with E-state index in [0.29, 0.717) is 24.3 Å². The number of fused-ring (bicyclic) bond motifs is 1. The summed E-state index contributed by atoms with van der Waals surface area (Å²) in [6.07, 6.45) is 4.55. The van der Waals surface area contributed by atoms with E-state index < -0.39 is 0 Å². The van der Waals surface area contributed by atoms with Gasteiger partial charge in [0.2, 0.25) is 11.9 Å². The molecule has 192 valence electrons. The van der Waals surface area contributed by atoms with Crippen molar-refractivity contribution in [3.05, 3.63) is 65.2 Å². The van der Waals surface area contributed by atoms with Crippen molar-refractivity contribution in [3.63, 3.8) is 0 Å². The van der Waals surface area contributed by atoms with Gasteiger partial charge in [0.05, 0.1) is 17.6 Å². The largest absolute Gasteiger partial charge is 0.362 e. The van der Waals surface area contributed by atoms with Crippen LogP contribution in [0.2, 0.25) is 0 Å². The smallest absolute Gasteiger partial charge is 0.226 e. The molecule has 2 heterocycles. The van der Waals surface area contributed by atoms with Gasteiger partial charge in [-0.05, 0) is 50.7 Å². The number of para-hydroxylation sites is 1. The Morgan fingerprint density at radius 2 is 1.70 bits per heavy atom. The average molecular weight is 515 g/mol. The van der Waals surface area contributed by atoms with Crippen LogP contribution in [-0.4, -0.2) is 47.5 Å². The Bertz CT molecular complexity index is 1360. The lowest BCUT2D eigenvalue weighted by molar-refractivity contribution is -0.120. The summed E-state index contributed by atoms with van der Waals surface area (Å²) < 4.78 is 0. The standard InChI is InChI=1S/C29H34N6OS/c1-19-25(32-28(37-19)21-9-5-4-6-10-21)17-26(36)30-18-20-13-15-22(16-14-20)31-29-33-24-12-8-7-11-23(24)27(34-29)35(2)3/h4-12,20,22H,13-18H2,1-3H3,(H,30,36)(H,31,33,34). The minimum absolute atomic E-state index is 0.0500. The number of benzene rings is 2. The number of anilines is 2. The molecule has 2 aromatic heterocycles. The fraction of sp³-hybridized carbons (Fsp3) is 0.379. The summed E-state index contributed by atoms with van der Waals surface area (Å²) in [5.74, 6) is 2.16. The average Bonchev–Trinajstić information content (AvgIpc) is 3.28. The van der Waals surface area contributed by atoms with E-state index in [0.717, 1.165) is 70.1 Å². The molecule has 0 radical (unpaired) electrons. The zero-order valence-electron chi connectivity index (χ0n) is 21.7. The molecule has 0 aliphatic heterocycles. The number of aromatic nitrogens is 3. The van der Waals surface area contributed by atoms with Crippen molar-refractivity contribution < 1.29 is 4.79 Å². The second-order valence-electron chi connectivity index (χ2n) is 10.0. The van der Waals surface area contributed by atoms with E-state index in [1.165, 1.54) is 0 Å². The number of thiazole rings is 1. The van der Waals surface area contributed by atoms with Gasteiger partial charge in [-0.1, -0.05) is 42.5 Å². The van der Waals surface area contributed by atoms with Crippen LogP contribution in [-0.2, 0) is 11.2 Å². The summed E-state index contributed by atoms with van der Waals surface area (Å²) in [7, 11) is 4.02. The Balaban J connectivity index is 1.11.